The highest BCUT2D eigenvalue weighted by atomic mass is 35.5. The Morgan fingerprint density at radius 3 is 2.36 bits per heavy atom. The van der Waals surface area contributed by atoms with Gasteiger partial charge in [-0.1, -0.05) is 11.6 Å². The lowest BCUT2D eigenvalue weighted by atomic mass is 10.2. The predicted molar refractivity (Wildman–Crippen MR) is 101 cm³/mol. The van der Waals surface area contributed by atoms with E-state index >= 15 is 0 Å². The van der Waals surface area contributed by atoms with Crippen molar-refractivity contribution in [3.05, 3.63) is 47.2 Å². The molecule has 1 N–H and O–H groups in total. The molecule has 0 unspecified atom stereocenters. The number of halogens is 2. The van der Waals surface area contributed by atoms with Gasteiger partial charge in [-0.2, -0.15) is 0 Å². The highest BCUT2D eigenvalue weighted by molar-refractivity contribution is 6.32. The number of amides is 1. The van der Waals surface area contributed by atoms with Crippen LogP contribution in [0.5, 0.6) is 17.2 Å². The average molecular weight is 412 g/mol. The zero-order chi connectivity index (χ0) is 20.7. The summed E-state index contributed by atoms with van der Waals surface area (Å²) in [4.78, 5) is 24.0. The number of hydrogen-bond acceptors (Lipinski definition) is 6. The Bertz CT molecular complexity index is 843. The fraction of sp³-hybridized carbons (Fsp3) is 0.263. The molecule has 0 spiro atoms. The van der Waals surface area contributed by atoms with Crippen molar-refractivity contribution < 1.29 is 32.9 Å². The molecular weight excluding hydrogens is 393 g/mol. The molecule has 150 valence electrons. The quantitative estimate of drug-likeness (QED) is 0.670. The van der Waals surface area contributed by atoms with Crippen LogP contribution in [-0.2, 0) is 14.3 Å². The first kappa shape index (κ1) is 21.3. The minimum atomic E-state index is -0.983. The summed E-state index contributed by atoms with van der Waals surface area (Å²) in [7, 11) is 2.88. The minimum Gasteiger partial charge on any atom is -0.495 e. The molecule has 2 rings (SSSR count). The predicted octanol–water partition coefficient (Wildman–Crippen LogP) is 3.45. The van der Waals surface area contributed by atoms with E-state index in [0.29, 0.717) is 22.9 Å². The van der Waals surface area contributed by atoms with Gasteiger partial charge in [0, 0.05) is 6.07 Å². The topological polar surface area (TPSA) is 83.1 Å². The third kappa shape index (κ3) is 5.75. The molecule has 9 heteroatoms. The van der Waals surface area contributed by atoms with Crippen LogP contribution in [-0.4, -0.2) is 38.8 Å². The number of ether oxygens (including phenoxy) is 4. The maximum atomic E-state index is 12.9. The highest BCUT2D eigenvalue weighted by Crippen LogP contribution is 2.35. The van der Waals surface area contributed by atoms with Crippen LogP contribution < -0.4 is 19.5 Å². The van der Waals surface area contributed by atoms with Gasteiger partial charge in [0.25, 0.3) is 5.91 Å². The van der Waals surface area contributed by atoms with Gasteiger partial charge >= 0.3 is 5.97 Å². The lowest BCUT2D eigenvalue weighted by Crippen LogP contribution is -2.29. The summed E-state index contributed by atoms with van der Waals surface area (Å²) in [6.07, 6.45) is -0.983. The zero-order valence-electron chi connectivity index (χ0n) is 15.5. The van der Waals surface area contributed by atoms with Gasteiger partial charge in [-0.15, -0.1) is 0 Å². The van der Waals surface area contributed by atoms with Crippen molar-refractivity contribution in [1.82, 2.24) is 0 Å². The molecule has 28 heavy (non-hydrogen) atoms. The van der Waals surface area contributed by atoms with Crippen LogP contribution in [0.15, 0.2) is 36.4 Å². The third-order valence-electron chi connectivity index (χ3n) is 3.55. The molecule has 2 aromatic rings. The van der Waals surface area contributed by atoms with E-state index in [1.807, 2.05) is 0 Å². The largest absolute Gasteiger partial charge is 0.495 e. The van der Waals surface area contributed by atoms with Crippen LogP contribution >= 0.6 is 11.6 Å². The first-order valence-electron chi connectivity index (χ1n) is 8.14. The first-order valence-corrected chi connectivity index (χ1v) is 8.52. The Hall–Kier alpha value is -3.00. The van der Waals surface area contributed by atoms with Gasteiger partial charge in [0.2, 0.25) is 0 Å². The van der Waals surface area contributed by atoms with Crippen molar-refractivity contribution in [2.45, 2.75) is 13.0 Å². The smallest absolute Gasteiger partial charge is 0.347 e. The van der Waals surface area contributed by atoms with Crippen molar-refractivity contribution in [2.75, 3.05) is 26.1 Å². The molecule has 1 amide bonds. The van der Waals surface area contributed by atoms with E-state index in [-0.39, 0.29) is 5.02 Å². The van der Waals surface area contributed by atoms with Gasteiger partial charge in [-0.3, -0.25) is 4.79 Å². The number of carbonyl (C=O) groups excluding carboxylic acids is 2. The molecule has 0 aliphatic carbocycles. The van der Waals surface area contributed by atoms with E-state index < -0.39 is 30.4 Å². The number of rotatable bonds is 8. The number of methoxy groups -OCH3 is 2. The van der Waals surface area contributed by atoms with E-state index in [0.717, 1.165) is 0 Å². The molecule has 0 fully saturated rings. The lowest BCUT2D eigenvalue weighted by Gasteiger charge is -2.15. The van der Waals surface area contributed by atoms with E-state index in [1.54, 1.807) is 0 Å². The van der Waals surface area contributed by atoms with Crippen molar-refractivity contribution in [2.24, 2.45) is 0 Å². The molecule has 0 aliphatic heterocycles. The summed E-state index contributed by atoms with van der Waals surface area (Å²) in [6.45, 7) is 0.915. The van der Waals surface area contributed by atoms with Crippen molar-refractivity contribution in [1.29, 1.82) is 0 Å². The summed E-state index contributed by atoms with van der Waals surface area (Å²) in [5.74, 6) is -0.758. The van der Waals surface area contributed by atoms with Gasteiger partial charge in [0.1, 0.15) is 23.1 Å². The average Bonchev–Trinajstić information content (AvgIpc) is 2.68. The Morgan fingerprint density at radius 1 is 1.11 bits per heavy atom. The van der Waals surface area contributed by atoms with Gasteiger partial charge in [-0.25, -0.2) is 9.18 Å². The van der Waals surface area contributed by atoms with E-state index in [2.05, 4.69) is 5.32 Å². The maximum Gasteiger partial charge on any atom is 0.347 e. The summed E-state index contributed by atoms with van der Waals surface area (Å²) < 4.78 is 33.4. The number of carbonyl (C=O) groups is 2. The normalized spacial score (nSPS) is 11.3. The van der Waals surface area contributed by atoms with Crippen molar-refractivity contribution in [3.8, 4) is 17.2 Å². The molecule has 0 bridgehead atoms. The van der Waals surface area contributed by atoms with Crippen LogP contribution in [0, 0.1) is 5.82 Å². The Kier molecular flexibility index (Phi) is 7.45. The summed E-state index contributed by atoms with van der Waals surface area (Å²) in [5, 5.41) is 2.82. The number of benzene rings is 2. The Morgan fingerprint density at radius 2 is 1.75 bits per heavy atom. The fourth-order valence-electron chi connectivity index (χ4n) is 2.16. The second-order valence-electron chi connectivity index (χ2n) is 5.56. The minimum absolute atomic E-state index is 0.275. The van der Waals surface area contributed by atoms with Crippen LogP contribution in [0.2, 0.25) is 5.02 Å². The fourth-order valence-corrected chi connectivity index (χ4v) is 2.40. The van der Waals surface area contributed by atoms with E-state index in [9.17, 15) is 14.0 Å². The van der Waals surface area contributed by atoms with Crippen LogP contribution in [0.1, 0.15) is 6.92 Å². The summed E-state index contributed by atoms with van der Waals surface area (Å²) >= 11 is 6.04. The SMILES string of the molecule is COc1cc(OC)c(NC(=O)COC(=O)[C@H](C)Oc2ccc(F)cc2)cc1Cl. The molecule has 0 heterocycles. The molecule has 0 saturated carbocycles. The molecule has 0 saturated heterocycles. The van der Waals surface area contributed by atoms with Crippen LogP contribution in [0.3, 0.4) is 0 Å². The lowest BCUT2D eigenvalue weighted by molar-refractivity contribution is -0.153. The highest BCUT2D eigenvalue weighted by Gasteiger charge is 2.19. The monoisotopic (exact) mass is 411 g/mol. The third-order valence-corrected chi connectivity index (χ3v) is 3.85. The Balaban J connectivity index is 1.90. The molecular formula is C19H19ClFNO6. The second kappa shape index (κ2) is 9.80. The summed E-state index contributed by atoms with van der Waals surface area (Å²) in [5.41, 5.74) is 0.296. The van der Waals surface area contributed by atoms with Gasteiger partial charge in [0.15, 0.2) is 12.7 Å². The maximum absolute atomic E-state index is 12.9. The van der Waals surface area contributed by atoms with Crippen LogP contribution in [0.4, 0.5) is 10.1 Å². The molecule has 2 aromatic carbocycles. The Labute approximate surface area is 166 Å². The van der Waals surface area contributed by atoms with Gasteiger partial charge < -0.3 is 24.3 Å². The number of anilines is 1. The first-order chi connectivity index (χ1) is 13.3. The second-order valence-corrected chi connectivity index (χ2v) is 5.96. The number of hydrogen-bond donors (Lipinski definition) is 1. The molecule has 0 aromatic heterocycles. The molecule has 7 nitrogen and oxygen atoms in total. The van der Waals surface area contributed by atoms with Gasteiger partial charge in [-0.05, 0) is 37.3 Å². The molecule has 0 radical (unpaired) electrons. The van der Waals surface area contributed by atoms with Crippen molar-refractivity contribution in [3.63, 3.8) is 0 Å². The van der Waals surface area contributed by atoms with E-state index in [4.69, 9.17) is 30.5 Å². The van der Waals surface area contributed by atoms with Crippen molar-refractivity contribution >= 4 is 29.2 Å². The van der Waals surface area contributed by atoms with Gasteiger partial charge in [0.05, 0.1) is 24.9 Å². The molecule has 0 aliphatic rings. The zero-order valence-corrected chi connectivity index (χ0v) is 16.2. The molecule has 1 atom stereocenters. The number of esters is 1. The summed E-state index contributed by atoms with van der Waals surface area (Å²) in [6, 6.07) is 8.14. The number of nitrogens with one attached hydrogen (secondary N) is 1. The standard InChI is InChI=1S/C19H19ClFNO6/c1-11(28-13-6-4-12(21)5-7-13)19(24)27-10-18(23)22-15-8-14(20)16(25-2)9-17(15)26-3/h4-9,11H,10H2,1-3H3,(H,22,23)/t11-/m0/s1. The van der Waals surface area contributed by atoms with Crippen LogP contribution in [0.25, 0.3) is 0 Å². The van der Waals surface area contributed by atoms with E-state index in [1.165, 1.54) is 57.5 Å².